The zero-order chi connectivity index (χ0) is 22.1. The van der Waals surface area contributed by atoms with Crippen LogP contribution in [0.15, 0.2) is 42.5 Å². The average Bonchev–Trinajstić information content (AvgIpc) is 2.72. The fraction of sp³-hybridized carbons (Fsp3) is 0.364. The predicted molar refractivity (Wildman–Crippen MR) is 127 cm³/mol. The minimum atomic E-state index is -0.529. The molecule has 2 rings (SSSR count). The maximum atomic E-state index is 13.1. The van der Waals surface area contributed by atoms with Gasteiger partial charge in [-0.1, -0.05) is 59.9 Å². The molecule has 0 aliphatic carbocycles. The molecule has 1 N–H and O–H groups in total. The summed E-state index contributed by atoms with van der Waals surface area (Å²) >= 11 is 19.5. The van der Waals surface area contributed by atoms with Crippen LogP contribution in [0.5, 0.6) is 0 Å². The van der Waals surface area contributed by atoms with Gasteiger partial charge in [0.1, 0.15) is 6.04 Å². The van der Waals surface area contributed by atoms with E-state index in [0.717, 1.165) is 11.1 Å². The van der Waals surface area contributed by atoms with Crippen molar-refractivity contribution in [3.8, 4) is 0 Å². The van der Waals surface area contributed by atoms with E-state index in [1.807, 2.05) is 32.0 Å². The van der Waals surface area contributed by atoms with Crippen LogP contribution < -0.4 is 5.32 Å². The van der Waals surface area contributed by atoms with Crippen molar-refractivity contribution in [2.75, 3.05) is 12.3 Å². The summed E-state index contributed by atoms with van der Waals surface area (Å²) in [5.74, 6) is 0.643. The fourth-order valence-corrected chi connectivity index (χ4v) is 4.27. The van der Waals surface area contributed by atoms with Gasteiger partial charge in [0.2, 0.25) is 11.8 Å². The van der Waals surface area contributed by atoms with Crippen molar-refractivity contribution in [1.82, 2.24) is 10.2 Å². The van der Waals surface area contributed by atoms with Gasteiger partial charge < -0.3 is 10.2 Å². The highest BCUT2D eigenvalue weighted by atomic mass is 35.5. The summed E-state index contributed by atoms with van der Waals surface area (Å²) < 4.78 is 0. The Balaban J connectivity index is 2.10. The molecule has 0 saturated heterocycles. The zero-order valence-electron chi connectivity index (χ0n) is 17.0. The van der Waals surface area contributed by atoms with Crippen molar-refractivity contribution in [2.45, 2.75) is 38.6 Å². The quantitative estimate of drug-likeness (QED) is 0.459. The number of nitrogens with one attached hydrogen (secondary N) is 1. The molecule has 2 aromatic carbocycles. The van der Waals surface area contributed by atoms with E-state index in [2.05, 4.69) is 5.32 Å². The molecule has 30 heavy (non-hydrogen) atoms. The number of benzene rings is 2. The summed E-state index contributed by atoms with van der Waals surface area (Å²) in [6.07, 6.45) is 0.530. The molecule has 1 atom stereocenters. The van der Waals surface area contributed by atoms with E-state index in [0.29, 0.717) is 40.3 Å². The summed E-state index contributed by atoms with van der Waals surface area (Å²) in [4.78, 5) is 27.3. The van der Waals surface area contributed by atoms with Crippen molar-refractivity contribution < 1.29 is 9.59 Å². The molecule has 2 amide bonds. The lowest BCUT2D eigenvalue weighted by atomic mass is 10.1. The average molecular weight is 488 g/mol. The molecule has 0 heterocycles. The van der Waals surface area contributed by atoms with Crippen LogP contribution in [0.1, 0.15) is 31.4 Å². The number of likely N-dealkylation sites (N-methyl/N-ethyl adjacent to an activating group) is 1. The Morgan fingerprint density at radius 3 is 2.27 bits per heavy atom. The standard InChI is InChI=1S/C22H25Cl3N2O2S/c1-3-20(22(29)26-4-2)27(12-15-5-8-17(23)9-6-15)21(28)14-30-13-16-7-10-18(24)19(25)11-16/h5-11,20H,3-4,12-14H2,1-2H3,(H,26,29)/t20-/m1/s1. The van der Waals surface area contributed by atoms with Crippen LogP contribution in [0.3, 0.4) is 0 Å². The first kappa shape index (κ1) is 24.9. The lowest BCUT2D eigenvalue weighted by Crippen LogP contribution is -2.49. The molecule has 0 aromatic heterocycles. The van der Waals surface area contributed by atoms with E-state index < -0.39 is 6.04 Å². The third kappa shape index (κ3) is 7.38. The minimum Gasteiger partial charge on any atom is -0.355 e. The molecule has 0 saturated carbocycles. The Morgan fingerprint density at radius 2 is 1.67 bits per heavy atom. The van der Waals surface area contributed by atoms with E-state index in [1.54, 1.807) is 29.2 Å². The molecule has 0 unspecified atom stereocenters. The highest BCUT2D eigenvalue weighted by molar-refractivity contribution is 7.99. The number of carbonyl (C=O) groups excluding carboxylic acids is 2. The number of rotatable bonds is 10. The van der Waals surface area contributed by atoms with Crippen LogP contribution in [-0.4, -0.2) is 35.1 Å². The van der Waals surface area contributed by atoms with Gasteiger partial charge in [0.05, 0.1) is 15.8 Å². The van der Waals surface area contributed by atoms with Gasteiger partial charge >= 0.3 is 0 Å². The van der Waals surface area contributed by atoms with Crippen LogP contribution in [0, 0.1) is 0 Å². The summed E-state index contributed by atoms with van der Waals surface area (Å²) in [5.41, 5.74) is 1.91. The number of halogens is 3. The molecule has 0 radical (unpaired) electrons. The third-order valence-electron chi connectivity index (χ3n) is 4.48. The minimum absolute atomic E-state index is 0.0897. The topological polar surface area (TPSA) is 49.4 Å². The Bertz CT molecular complexity index is 862. The van der Waals surface area contributed by atoms with Crippen molar-refractivity contribution in [1.29, 1.82) is 0 Å². The lowest BCUT2D eigenvalue weighted by molar-refractivity contribution is -0.139. The first-order valence-electron chi connectivity index (χ1n) is 9.69. The Kier molecular flexibility index (Phi) is 10.3. The molecule has 0 aliphatic rings. The van der Waals surface area contributed by atoms with E-state index in [1.165, 1.54) is 11.8 Å². The van der Waals surface area contributed by atoms with Gasteiger partial charge in [-0.05, 0) is 48.7 Å². The summed E-state index contributed by atoms with van der Waals surface area (Å²) in [6.45, 7) is 4.64. The Morgan fingerprint density at radius 1 is 1.00 bits per heavy atom. The molecular formula is C22H25Cl3N2O2S. The number of carbonyl (C=O) groups is 2. The molecule has 2 aromatic rings. The van der Waals surface area contributed by atoms with E-state index in [-0.39, 0.29) is 17.6 Å². The van der Waals surface area contributed by atoms with Gasteiger partial charge in [-0.15, -0.1) is 11.8 Å². The van der Waals surface area contributed by atoms with Gasteiger partial charge in [0.15, 0.2) is 0 Å². The fourth-order valence-electron chi connectivity index (χ4n) is 2.97. The highest BCUT2D eigenvalue weighted by Crippen LogP contribution is 2.25. The van der Waals surface area contributed by atoms with Crippen LogP contribution in [0.25, 0.3) is 0 Å². The number of hydrogen-bond donors (Lipinski definition) is 1. The summed E-state index contributed by atoms with van der Waals surface area (Å²) in [6, 6.07) is 12.2. The van der Waals surface area contributed by atoms with Crippen molar-refractivity contribution >= 4 is 58.4 Å². The molecule has 0 spiro atoms. The largest absolute Gasteiger partial charge is 0.355 e. The first-order chi connectivity index (χ1) is 14.3. The normalized spacial score (nSPS) is 11.8. The van der Waals surface area contributed by atoms with Crippen LogP contribution in [0.2, 0.25) is 15.1 Å². The van der Waals surface area contributed by atoms with Crippen LogP contribution >= 0.6 is 46.6 Å². The number of nitrogens with zero attached hydrogens (tertiary/aromatic N) is 1. The Hall–Kier alpha value is -1.40. The van der Waals surface area contributed by atoms with Crippen LogP contribution in [-0.2, 0) is 21.9 Å². The molecule has 8 heteroatoms. The van der Waals surface area contributed by atoms with Crippen molar-refractivity contribution in [3.05, 3.63) is 68.7 Å². The SMILES string of the molecule is CCNC(=O)[C@@H](CC)N(Cc1ccc(Cl)cc1)C(=O)CSCc1ccc(Cl)c(Cl)c1. The van der Waals surface area contributed by atoms with Gasteiger partial charge in [0, 0.05) is 23.9 Å². The predicted octanol–water partition coefficient (Wildman–Crippen LogP) is 5.82. The first-order valence-corrected chi connectivity index (χ1v) is 12.0. The third-order valence-corrected chi connectivity index (χ3v) is 6.46. The van der Waals surface area contributed by atoms with Crippen LogP contribution in [0.4, 0.5) is 0 Å². The monoisotopic (exact) mass is 486 g/mol. The maximum absolute atomic E-state index is 13.1. The number of amides is 2. The molecule has 162 valence electrons. The van der Waals surface area contributed by atoms with Gasteiger partial charge in [-0.25, -0.2) is 0 Å². The van der Waals surface area contributed by atoms with E-state index in [9.17, 15) is 9.59 Å². The lowest BCUT2D eigenvalue weighted by Gasteiger charge is -2.30. The van der Waals surface area contributed by atoms with Crippen molar-refractivity contribution in [3.63, 3.8) is 0 Å². The summed E-state index contributed by atoms with van der Waals surface area (Å²) in [7, 11) is 0. The zero-order valence-corrected chi connectivity index (χ0v) is 20.0. The van der Waals surface area contributed by atoms with E-state index in [4.69, 9.17) is 34.8 Å². The highest BCUT2D eigenvalue weighted by Gasteiger charge is 2.28. The molecule has 4 nitrogen and oxygen atoms in total. The maximum Gasteiger partial charge on any atom is 0.242 e. The second kappa shape index (κ2) is 12.5. The van der Waals surface area contributed by atoms with Crippen molar-refractivity contribution in [2.24, 2.45) is 0 Å². The number of thioether (sulfide) groups is 1. The molecular weight excluding hydrogens is 463 g/mol. The smallest absolute Gasteiger partial charge is 0.242 e. The molecule has 0 fully saturated rings. The number of hydrogen-bond acceptors (Lipinski definition) is 3. The second-order valence-corrected chi connectivity index (χ2v) is 8.94. The van der Waals surface area contributed by atoms with Gasteiger partial charge in [0.25, 0.3) is 0 Å². The summed E-state index contributed by atoms with van der Waals surface area (Å²) in [5, 5.41) is 4.46. The molecule has 0 bridgehead atoms. The Labute approximate surface area is 197 Å². The second-order valence-electron chi connectivity index (χ2n) is 6.71. The molecule has 0 aliphatic heterocycles. The van der Waals surface area contributed by atoms with E-state index >= 15 is 0 Å². The van der Waals surface area contributed by atoms with Gasteiger partial charge in [-0.2, -0.15) is 0 Å². The van der Waals surface area contributed by atoms with Gasteiger partial charge in [-0.3, -0.25) is 9.59 Å².